The molecule has 0 amide bonds. The maximum atomic E-state index is 8.53. The number of rotatable bonds is 8. The topological polar surface area (TPSA) is 66.0 Å². The van der Waals surface area contributed by atoms with Gasteiger partial charge < -0.3 is 9.47 Å². The van der Waals surface area contributed by atoms with E-state index in [1.165, 1.54) is 25.7 Å². The van der Waals surface area contributed by atoms with E-state index in [1.54, 1.807) is 6.26 Å². The van der Waals surface area contributed by atoms with Crippen molar-refractivity contribution in [3.8, 4) is 12.5 Å². The Bertz CT molecular complexity index is 337. The average molecular weight is 278 g/mol. The molecule has 20 heavy (non-hydrogen) atoms. The van der Waals surface area contributed by atoms with Gasteiger partial charge in [-0.25, -0.2) is 0 Å². The zero-order valence-electron chi connectivity index (χ0n) is 12.7. The van der Waals surface area contributed by atoms with Crippen LogP contribution in [0.2, 0.25) is 0 Å². The first-order valence-electron chi connectivity index (χ1n) is 7.79. The van der Waals surface area contributed by atoms with E-state index in [-0.39, 0.29) is 12.2 Å². The quantitative estimate of drug-likeness (QED) is 0.626. The van der Waals surface area contributed by atoms with Gasteiger partial charge in [0.05, 0.1) is 0 Å². The van der Waals surface area contributed by atoms with E-state index < -0.39 is 0 Å². The van der Waals surface area contributed by atoms with E-state index >= 15 is 0 Å². The number of ether oxygens (including phenoxy) is 2. The molecule has 0 aromatic rings. The van der Waals surface area contributed by atoms with Crippen LogP contribution in [0.15, 0.2) is 0 Å². The minimum atomic E-state index is 0.0359. The van der Waals surface area contributed by atoms with Crippen LogP contribution in [0.25, 0.3) is 0 Å². The van der Waals surface area contributed by atoms with Gasteiger partial charge in [0, 0.05) is 0 Å². The number of hydrogen-bond donors (Lipinski definition) is 0. The van der Waals surface area contributed by atoms with Crippen LogP contribution >= 0.6 is 0 Å². The van der Waals surface area contributed by atoms with Crippen molar-refractivity contribution in [2.75, 3.05) is 0 Å². The Labute approximate surface area is 122 Å². The second-order valence-corrected chi connectivity index (χ2v) is 5.96. The highest BCUT2D eigenvalue weighted by Crippen LogP contribution is 2.33. The van der Waals surface area contributed by atoms with Crippen molar-refractivity contribution < 1.29 is 9.47 Å². The lowest BCUT2D eigenvalue weighted by atomic mass is 9.79. The van der Waals surface area contributed by atoms with Gasteiger partial charge >= 0.3 is 0 Å². The van der Waals surface area contributed by atoms with Crippen LogP contribution in [0.5, 0.6) is 0 Å². The van der Waals surface area contributed by atoms with Gasteiger partial charge in [-0.05, 0) is 63.7 Å². The van der Waals surface area contributed by atoms with Gasteiger partial charge in [-0.1, -0.05) is 13.3 Å². The third kappa shape index (κ3) is 6.15. The lowest BCUT2D eigenvalue weighted by molar-refractivity contribution is 0.0918. The van der Waals surface area contributed by atoms with E-state index in [0.717, 1.165) is 37.5 Å². The first-order chi connectivity index (χ1) is 9.69. The smallest absolute Gasteiger partial charge is 0.286 e. The normalized spacial score (nSPS) is 25.0. The van der Waals surface area contributed by atoms with Gasteiger partial charge in [0.2, 0.25) is 0 Å². The second kappa shape index (κ2) is 9.48. The monoisotopic (exact) mass is 278 g/mol. The largest absolute Gasteiger partial charge is 0.424 e. The summed E-state index contributed by atoms with van der Waals surface area (Å²) in [5.74, 6) is 1.49. The Morgan fingerprint density at radius 3 is 2.35 bits per heavy atom. The van der Waals surface area contributed by atoms with Crippen molar-refractivity contribution in [2.24, 2.45) is 11.8 Å². The summed E-state index contributed by atoms with van der Waals surface area (Å²) in [5, 5.41) is 17.0. The second-order valence-electron chi connectivity index (χ2n) is 5.96. The molecular weight excluding hydrogens is 252 g/mol. The fourth-order valence-electron chi connectivity index (χ4n) is 3.14. The standard InChI is InChI=1S/C16H26N2O2/c1-3-14(5-4-13(2)19-11-17)10-15-6-8-16(9-7-15)20-12-18/h13-16H,3-10H2,1-2H3. The third-order valence-electron chi connectivity index (χ3n) is 4.49. The summed E-state index contributed by atoms with van der Waals surface area (Å²) in [7, 11) is 0. The predicted octanol–water partition coefficient (Wildman–Crippen LogP) is 4.13. The molecule has 0 aliphatic heterocycles. The maximum absolute atomic E-state index is 8.53. The molecule has 1 saturated carbocycles. The molecule has 1 aliphatic rings. The first-order valence-corrected chi connectivity index (χ1v) is 7.79. The van der Waals surface area contributed by atoms with E-state index in [1.807, 2.05) is 13.2 Å². The van der Waals surface area contributed by atoms with Crippen LogP contribution in [0, 0.1) is 34.9 Å². The first kappa shape index (κ1) is 16.6. The van der Waals surface area contributed by atoms with Crippen LogP contribution in [0.3, 0.4) is 0 Å². The zero-order valence-corrected chi connectivity index (χ0v) is 12.7. The van der Waals surface area contributed by atoms with Crippen LogP contribution < -0.4 is 0 Å². The van der Waals surface area contributed by atoms with Gasteiger partial charge in [-0.2, -0.15) is 10.5 Å². The summed E-state index contributed by atoms with van der Waals surface area (Å²) in [6.45, 7) is 4.20. The molecular formula is C16H26N2O2. The molecule has 2 unspecified atom stereocenters. The molecule has 0 heterocycles. The Morgan fingerprint density at radius 1 is 1.10 bits per heavy atom. The van der Waals surface area contributed by atoms with Gasteiger partial charge in [-0.15, -0.1) is 0 Å². The summed E-state index contributed by atoms with van der Waals surface area (Å²) < 4.78 is 9.95. The van der Waals surface area contributed by atoms with Gasteiger partial charge in [0.15, 0.2) is 0 Å². The van der Waals surface area contributed by atoms with Crippen molar-refractivity contribution in [1.29, 1.82) is 10.5 Å². The molecule has 0 aromatic heterocycles. The lowest BCUT2D eigenvalue weighted by Gasteiger charge is -2.29. The van der Waals surface area contributed by atoms with Crippen molar-refractivity contribution in [1.82, 2.24) is 0 Å². The summed E-state index contributed by atoms with van der Waals surface area (Å²) >= 11 is 0. The van der Waals surface area contributed by atoms with Gasteiger partial charge in [0.1, 0.15) is 12.2 Å². The summed E-state index contributed by atoms with van der Waals surface area (Å²) in [6, 6.07) is 0. The predicted molar refractivity (Wildman–Crippen MR) is 76.2 cm³/mol. The Morgan fingerprint density at radius 2 is 1.80 bits per heavy atom. The fourth-order valence-corrected chi connectivity index (χ4v) is 3.14. The SMILES string of the molecule is CCC(CCC(C)OC#N)CC1CCC(OC#N)CC1. The van der Waals surface area contributed by atoms with E-state index in [4.69, 9.17) is 20.0 Å². The highest BCUT2D eigenvalue weighted by molar-refractivity contribution is 4.77. The minimum Gasteiger partial charge on any atom is -0.424 e. The van der Waals surface area contributed by atoms with Crippen molar-refractivity contribution in [2.45, 2.75) is 77.4 Å². The van der Waals surface area contributed by atoms with Crippen LogP contribution in [0.4, 0.5) is 0 Å². The molecule has 112 valence electrons. The van der Waals surface area contributed by atoms with Crippen LogP contribution in [0.1, 0.15) is 65.2 Å². The third-order valence-corrected chi connectivity index (χ3v) is 4.49. The Balaban J connectivity index is 2.24. The molecule has 2 atom stereocenters. The van der Waals surface area contributed by atoms with Gasteiger partial charge in [0.25, 0.3) is 12.5 Å². The molecule has 0 N–H and O–H groups in total. The number of nitrogens with zero attached hydrogens (tertiary/aromatic N) is 2. The average Bonchev–Trinajstić information content (AvgIpc) is 2.46. The van der Waals surface area contributed by atoms with Crippen LogP contribution in [-0.2, 0) is 9.47 Å². The highest BCUT2D eigenvalue weighted by atomic mass is 16.5. The van der Waals surface area contributed by atoms with E-state index in [0.29, 0.717) is 0 Å². The fraction of sp³-hybridized carbons (Fsp3) is 0.875. The zero-order chi connectivity index (χ0) is 14.8. The molecule has 0 spiro atoms. The molecule has 1 fully saturated rings. The number of nitriles is 2. The molecule has 4 nitrogen and oxygen atoms in total. The highest BCUT2D eigenvalue weighted by Gasteiger charge is 2.24. The van der Waals surface area contributed by atoms with E-state index in [9.17, 15) is 0 Å². The summed E-state index contributed by atoms with van der Waals surface area (Å²) in [5.41, 5.74) is 0. The maximum Gasteiger partial charge on any atom is 0.286 e. The summed E-state index contributed by atoms with van der Waals surface area (Å²) in [6.07, 6.45) is 12.7. The molecule has 0 radical (unpaired) electrons. The molecule has 0 saturated heterocycles. The minimum absolute atomic E-state index is 0.0359. The molecule has 1 aliphatic carbocycles. The van der Waals surface area contributed by atoms with Gasteiger partial charge in [-0.3, -0.25) is 0 Å². The number of hydrogen-bond acceptors (Lipinski definition) is 4. The van der Waals surface area contributed by atoms with Crippen molar-refractivity contribution in [3.63, 3.8) is 0 Å². The lowest BCUT2D eigenvalue weighted by Crippen LogP contribution is -2.22. The molecule has 4 heteroatoms. The molecule has 1 rings (SSSR count). The Hall–Kier alpha value is -1.42. The molecule has 0 bridgehead atoms. The summed E-state index contributed by atoms with van der Waals surface area (Å²) in [4.78, 5) is 0. The van der Waals surface area contributed by atoms with Crippen molar-refractivity contribution >= 4 is 0 Å². The van der Waals surface area contributed by atoms with Crippen molar-refractivity contribution in [3.05, 3.63) is 0 Å². The van der Waals surface area contributed by atoms with Crippen LogP contribution in [-0.4, -0.2) is 12.2 Å². The molecule has 0 aromatic carbocycles. The Kier molecular flexibility index (Phi) is 7.88. The van der Waals surface area contributed by atoms with E-state index in [2.05, 4.69) is 6.92 Å².